The summed E-state index contributed by atoms with van der Waals surface area (Å²) in [5.41, 5.74) is -0.000223. The summed E-state index contributed by atoms with van der Waals surface area (Å²) < 4.78 is 5.45. The minimum atomic E-state index is -0.000223. The molecule has 96 valence electrons. The van der Waals surface area contributed by atoms with Crippen LogP contribution in [0.1, 0.15) is 59.3 Å². The number of methoxy groups -OCH3 is 1. The highest BCUT2D eigenvalue weighted by Gasteiger charge is 2.20. The molecule has 16 heavy (non-hydrogen) atoms. The molecular weight excluding hydrogens is 198 g/mol. The van der Waals surface area contributed by atoms with E-state index in [1.54, 1.807) is 7.11 Å². The SMILES string of the molecule is COC(C)(C)CC(C)NCCC1CCCC1. The third-order valence-corrected chi connectivity index (χ3v) is 3.87. The Morgan fingerprint density at radius 2 is 1.94 bits per heavy atom. The summed E-state index contributed by atoms with van der Waals surface area (Å²) in [7, 11) is 1.80. The first kappa shape index (κ1) is 14.0. The Morgan fingerprint density at radius 1 is 1.31 bits per heavy atom. The van der Waals surface area contributed by atoms with E-state index in [4.69, 9.17) is 4.74 Å². The van der Waals surface area contributed by atoms with Gasteiger partial charge in [-0.25, -0.2) is 0 Å². The van der Waals surface area contributed by atoms with Crippen LogP contribution in [0.4, 0.5) is 0 Å². The van der Waals surface area contributed by atoms with E-state index in [9.17, 15) is 0 Å². The zero-order valence-electron chi connectivity index (χ0n) is 11.5. The van der Waals surface area contributed by atoms with Crippen LogP contribution in [0.5, 0.6) is 0 Å². The van der Waals surface area contributed by atoms with Crippen LogP contribution in [0, 0.1) is 5.92 Å². The van der Waals surface area contributed by atoms with Gasteiger partial charge in [0.25, 0.3) is 0 Å². The van der Waals surface area contributed by atoms with Crippen molar-refractivity contribution in [2.75, 3.05) is 13.7 Å². The monoisotopic (exact) mass is 227 g/mol. The van der Waals surface area contributed by atoms with Gasteiger partial charge in [0, 0.05) is 13.2 Å². The highest BCUT2D eigenvalue weighted by Crippen LogP contribution is 2.27. The number of hydrogen-bond donors (Lipinski definition) is 1. The van der Waals surface area contributed by atoms with E-state index in [0.717, 1.165) is 12.3 Å². The fourth-order valence-electron chi connectivity index (χ4n) is 2.73. The van der Waals surface area contributed by atoms with E-state index in [-0.39, 0.29) is 5.60 Å². The Bertz CT molecular complexity index is 185. The highest BCUT2D eigenvalue weighted by atomic mass is 16.5. The maximum Gasteiger partial charge on any atom is 0.0637 e. The van der Waals surface area contributed by atoms with Crippen molar-refractivity contribution in [3.63, 3.8) is 0 Å². The maximum atomic E-state index is 5.45. The van der Waals surface area contributed by atoms with Crippen molar-refractivity contribution < 1.29 is 4.74 Å². The van der Waals surface area contributed by atoms with E-state index >= 15 is 0 Å². The summed E-state index contributed by atoms with van der Waals surface area (Å²) in [5, 5.41) is 3.62. The van der Waals surface area contributed by atoms with Crippen LogP contribution in [0.3, 0.4) is 0 Å². The smallest absolute Gasteiger partial charge is 0.0637 e. The zero-order valence-corrected chi connectivity index (χ0v) is 11.5. The lowest BCUT2D eigenvalue weighted by Gasteiger charge is -2.27. The summed E-state index contributed by atoms with van der Waals surface area (Å²) in [5.74, 6) is 0.995. The van der Waals surface area contributed by atoms with Crippen molar-refractivity contribution in [3.8, 4) is 0 Å². The Morgan fingerprint density at radius 3 is 2.50 bits per heavy atom. The molecule has 0 saturated heterocycles. The molecule has 1 aliphatic rings. The van der Waals surface area contributed by atoms with Crippen molar-refractivity contribution in [1.82, 2.24) is 5.32 Å². The highest BCUT2D eigenvalue weighted by molar-refractivity contribution is 4.76. The minimum absolute atomic E-state index is 0.000223. The molecule has 0 aromatic rings. The molecule has 0 amide bonds. The standard InChI is InChI=1S/C14H29NO/c1-12(11-14(2,3)16-4)15-10-9-13-7-5-6-8-13/h12-13,15H,5-11H2,1-4H3. The van der Waals surface area contributed by atoms with Gasteiger partial charge in [-0.15, -0.1) is 0 Å². The molecule has 1 N–H and O–H groups in total. The summed E-state index contributed by atoms with van der Waals surface area (Å²) in [6.45, 7) is 7.74. The van der Waals surface area contributed by atoms with E-state index in [0.29, 0.717) is 6.04 Å². The maximum absolute atomic E-state index is 5.45. The predicted octanol–water partition coefficient (Wildman–Crippen LogP) is 3.36. The number of nitrogens with one attached hydrogen (secondary N) is 1. The number of ether oxygens (including phenoxy) is 1. The first-order chi connectivity index (χ1) is 7.53. The van der Waals surface area contributed by atoms with Gasteiger partial charge < -0.3 is 10.1 Å². The number of hydrogen-bond acceptors (Lipinski definition) is 2. The first-order valence-electron chi connectivity index (χ1n) is 6.82. The minimum Gasteiger partial charge on any atom is -0.379 e. The number of rotatable bonds is 7. The van der Waals surface area contributed by atoms with Crippen LogP contribution in [0.15, 0.2) is 0 Å². The summed E-state index contributed by atoms with van der Waals surface area (Å²) in [4.78, 5) is 0. The van der Waals surface area contributed by atoms with E-state index in [2.05, 4.69) is 26.1 Å². The van der Waals surface area contributed by atoms with E-state index in [1.807, 2.05) is 0 Å². The van der Waals surface area contributed by atoms with Crippen molar-refractivity contribution in [1.29, 1.82) is 0 Å². The average Bonchev–Trinajstić information content (AvgIpc) is 2.70. The molecule has 2 nitrogen and oxygen atoms in total. The molecule has 0 radical (unpaired) electrons. The summed E-state index contributed by atoms with van der Waals surface area (Å²) >= 11 is 0. The van der Waals surface area contributed by atoms with Gasteiger partial charge in [-0.05, 0) is 46.1 Å². The predicted molar refractivity (Wildman–Crippen MR) is 69.7 cm³/mol. The average molecular weight is 227 g/mol. The van der Waals surface area contributed by atoms with Crippen LogP contribution in [-0.2, 0) is 4.74 Å². The first-order valence-corrected chi connectivity index (χ1v) is 6.82. The van der Waals surface area contributed by atoms with Crippen LogP contribution < -0.4 is 5.32 Å². The van der Waals surface area contributed by atoms with Crippen LogP contribution in [-0.4, -0.2) is 25.3 Å². The van der Waals surface area contributed by atoms with Gasteiger partial charge in [-0.3, -0.25) is 0 Å². The molecule has 0 bridgehead atoms. The molecule has 1 unspecified atom stereocenters. The van der Waals surface area contributed by atoms with Gasteiger partial charge in [0.1, 0.15) is 0 Å². The largest absolute Gasteiger partial charge is 0.379 e. The Kier molecular flexibility index (Phi) is 5.77. The molecule has 0 aromatic carbocycles. The molecule has 1 fully saturated rings. The van der Waals surface area contributed by atoms with Crippen molar-refractivity contribution >= 4 is 0 Å². The molecule has 0 aromatic heterocycles. The van der Waals surface area contributed by atoms with Gasteiger partial charge >= 0.3 is 0 Å². The third kappa shape index (κ3) is 5.31. The van der Waals surface area contributed by atoms with Crippen molar-refractivity contribution in [2.24, 2.45) is 5.92 Å². The lowest BCUT2D eigenvalue weighted by molar-refractivity contribution is 0.00853. The van der Waals surface area contributed by atoms with Gasteiger partial charge in [-0.2, -0.15) is 0 Å². The summed E-state index contributed by atoms with van der Waals surface area (Å²) in [6.07, 6.45) is 8.26. The molecule has 0 aliphatic heterocycles. The summed E-state index contributed by atoms with van der Waals surface area (Å²) in [6, 6.07) is 0.552. The molecule has 2 heteroatoms. The van der Waals surface area contributed by atoms with Gasteiger partial charge in [-0.1, -0.05) is 25.7 Å². The Hall–Kier alpha value is -0.0800. The van der Waals surface area contributed by atoms with Crippen molar-refractivity contribution in [2.45, 2.75) is 70.9 Å². The fraction of sp³-hybridized carbons (Fsp3) is 1.00. The molecule has 1 saturated carbocycles. The second kappa shape index (κ2) is 6.61. The molecular formula is C14H29NO. The van der Waals surface area contributed by atoms with Crippen LogP contribution >= 0.6 is 0 Å². The molecule has 1 rings (SSSR count). The van der Waals surface area contributed by atoms with Gasteiger partial charge in [0.2, 0.25) is 0 Å². The van der Waals surface area contributed by atoms with Crippen LogP contribution in [0.2, 0.25) is 0 Å². The second-order valence-corrected chi connectivity index (χ2v) is 5.96. The van der Waals surface area contributed by atoms with Crippen LogP contribution in [0.25, 0.3) is 0 Å². The molecule has 1 atom stereocenters. The lowest BCUT2D eigenvalue weighted by Crippen LogP contribution is -2.36. The Labute approximate surface area is 101 Å². The van der Waals surface area contributed by atoms with Crippen molar-refractivity contribution in [3.05, 3.63) is 0 Å². The van der Waals surface area contributed by atoms with Gasteiger partial charge in [0.15, 0.2) is 0 Å². The van der Waals surface area contributed by atoms with Gasteiger partial charge in [0.05, 0.1) is 5.60 Å². The Balaban J connectivity index is 2.07. The molecule has 0 heterocycles. The zero-order chi connectivity index (χ0) is 12.0. The fourth-order valence-corrected chi connectivity index (χ4v) is 2.73. The third-order valence-electron chi connectivity index (χ3n) is 3.87. The van der Waals surface area contributed by atoms with E-state index in [1.165, 1.54) is 38.6 Å². The molecule has 1 aliphatic carbocycles. The quantitative estimate of drug-likeness (QED) is 0.720. The normalized spacial score (nSPS) is 20.2. The topological polar surface area (TPSA) is 21.3 Å². The van der Waals surface area contributed by atoms with E-state index < -0.39 is 0 Å². The molecule has 0 spiro atoms. The second-order valence-electron chi connectivity index (χ2n) is 5.96. The lowest BCUT2D eigenvalue weighted by atomic mass is 9.99.